The highest BCUT2D eigenvalue weighted by molar-refractivity contribution is 8.01. The van der Waals surface area contributed by atoms with Crippen LogP contribution in [-0.2, 0) is 4.79 Å². The molecule has 1 heterocycles. The van der Waals surface area contributed by atoms with Crippen LogP contribution < -0.4 is 5.73 Å². The Labute approximate surface area is 192 Å². The summed E-state index contributed by atoms with van der Waals surface area (Å²) in [5.74, 6) is -2.25. The lowest BCUT2D eigenvalue weighted by Gasteiger charge is -2.10. The Kier molecular flexibility index (Phi) is 7.42. The lowest BCUT2D eigenvalue weighted by atomic mass is 9.99. The number of thioether (sulfide) groups is 1. The second kappa shape index (κ2) is 10.1. The molecule has 3 rings (SSSR count). The third-order valence-electron chi connectivity index (χ3n) is 4.18. The maximum atomic E-state index is 13.8. The Morgan fingerprint density at radius 2 is 1.81 bits per heavy atom. The van der Waals surface area contributed by atoms with Crippen LogP contribution in [0.2, 0.25) is 0 Å². The first-order chi connectivity index (χ1) is 15.2. The number of halogens is 2. The summed E-state index contributed by atoms with van der Waals surface area (Å²) in [7, 11) is 0. The van der Waals surface area contributed by atoms with Gasteiger partial charge in [0.2, 0.25) is 5.13 Å². The summed E-state index contributed by atoms with van der Waals surface area (Å²) in [5.41, 5.74) is 7.29. The number of rotatable bonds is 7. The topological polar surface area (TPSA) is 88.6 Å². The fraction of sp³-hybridized carbons (Fsp3) is 0.174. The SMILES string of the molecule is CC(N)=C(C(=Nc1nc(-c2cccc(F)c2)c(SC(C)C)s1)C(=O)O)c1cccc(F)c1. The zero-order valence-corrected chi connectivity index (χ0v) is 19.2. The first-order valence-electron chi connectivity index (χ1n) is 9.63. The Balaban J connectivity index is 2.17. The summed E-state index contributed by atoms with van der Waals surface area (Å²) in [5, 5.41) is 10.3. The molecule has 1 aromatic heterocycles. The molecule has 166 valence electrons. The van der Waals surface area contributed by atoms with Crippen molar-refractivity contribution in [3.63, 3.8) is 0 Å². The van der Waals surface area contributed by atoms with Gasteiger partial charge in [0.1, 0.15) is 11.6 Å². The number of allylic oxidation sites excluding steroid dienone is 1. The molecule has 0 amide bonds. The van der Waals surface area contributed by atoms with E-state index in [9.17, 15) is 18.7 Å². The number of carboxylic acids is 1. The molecule has 0 aliphatic heterocycles. The third kappa shape index (κ3) is 5.60. The van der Waals surface area contributed by atoms with E-state index < -0.39 is 17.6 Å². The molecule has 32 heavy (non-hydrogen) atoms. The van der Waals surface area contributed by atoms with Crippen molar-refractivity contribution in [3.8, 4) is 11.3 Å². The minimum Gasteiger partial charge on any atom is -0.476 e. The predicted octanol–water partition coefficient (Wildman–Crippen LogP) is 6.14. The van der Waals surface area contributed by atoms with Crippen LogP contribution in [0.1, 0.15) is 26.3 Å². The van der Waals surface area contributed by atoms with Gasteiger partial charge in [-0.25, -0.2) is 23.6 Å². The molecular formula is C23H21F2N3O2S2. The van der Waals surface area contributed by atoms with Gasteiger partial charge in [0, 0.05) is 22.1 Å². The molecule has 0 saturated carbocycles. The monoisotopic (exact) mass is 473 g/mol. The van der Waals surface area contributed by atoms with Crippen LogP contribution in [0.3, 0.4) is 0 Å². The van der Waals surface area contributed by atoms with Crippen molar-refractivity contribution in [1.29, 1.82) is 0 Å². The molecule has 0 aliphatic rings. The van der Waals surface area contributed by atoms with Gasteiger partial charge in [0.05, 0.1) is 9.90 Å². The van der Waals surface area contributed by atoms with Gasteiger partial charge in [-0.1, -0.05) is 49.4 Å². The molecule has 3 N–H and O–H groups in total. The Hall–Kier alpha value is -3.04. The normalized spacial score (nSPS) is 12.8. The Bertz CT molecular complexity index is 1220. The summed E-state index contributed by atoms with van der Waals surface area (Å²) < 4.78 is 28.4. The van der Waals surface area contributed by atoms with Crippen LogP contribution >= 0.6 is 23.1 Å². The highest BCUT2D eigenvalue weighted by atomic mass is 32.2. The summed E-state index contributed by atoms with van der Waals surface area (Å²) >= 11 is 2.73. The van der Waals surface area contributed by atoms with E-state index in [-0.39, 0.29) is 27.4 Å². The van der Waals surface area contributed by atoms with Crippen LogP contribution in [0.5, 0.6) is 0 Å². The molecule has 9 heteroatoms. The van der Waals surface area contributed by atoms with E-state index in [2.05, 4.69) is 9.98 Å². The van der Waals surface area contributed by atoms with Gasteiger partial charge in [0.15, 0.2) is 5.71 Å². The second-order valence-corrected chi connectivity index (χ2v) is 9.97. The molecule has 3 aromatic rings. The van der Waals surface area contributed by atoms with E-state index in [4.69, 9.17) is 5.73 Å². The van der Waals surface area contributed by atoms with Crippen LogP contribution in [0.25, 0.3) is 16.8 Å². The van der Waals surface area contributed by atoms with Crippen LogP contribution in [0.4, 0.5) is 13.9 Å². The summed E-state index contributed by atoms with van der Waals surface area (Å²) in [6, 6.07) is 11.5. The van der Waals surface area contributed by atoms with Crippen LogP contribution in [0.15, 0.2) is 63.4 Å². The third-order valence-corrected chi connectivity index (χ3v) is 6.34. The fourth-order valence-corrected chi connectivity index (χ4v) is 5.35. The number of nitrogens with two attached hydrogens (primary N) is 1. The molecule has 5 nitrogen and oxygen atoms in total. The second-order valence-electron chi connectivity index (χ2n) is 7.14. The smallest absolute Gasteiger partial charge is 0.355 e. The average molecular weight is 474 g/mol. The Morgan fingerprint density at radius 1 is 1.16 bits per heavy atom. The standard InChI is InChI=1S/C23H21F2N3O2S2/c1-12(2)31-22-19(15-7-5-9-17(25)11-15)27-23(32-22)28-20(21(29)30)18(13(3)26)14-6-4-8-16(24)10-14/h4-12H,26H2,1-3H3,(H,29,30). The van der Waals surface area contributed by atoms with E-state index in [0.717, 1.165) is 4.21 Å². The number of aromatic nitrogens is 1. The maximum Gasteiger partial charge on any atom is 0.355 e. The van der Waals surface area contributed by atoms with Crippen molar-refractivity contribution >= 4 is 45.5 Å². The van der Waals surface area contributed by atoms with Gasteiger partial charge in [-0.3, -0.25) is 0 Å². The highest BCUT2D eigenvalue weighted by Gasteiger charge is 2.22. The summed E-state index contributed by atoms with van der Waals surface area (Å²) in [6.07, 6.45) is 0. The van der Waals surface area contributed by atoms with Gasteiger partial charge >= 0.3 is 5.97 Å². The summed E-state index contributed by atoms with van der Waals surface area (Å²) in [6.45, 7) is 5.54. The molecule has 0 bridgehead atoms. The van der Waals surface area contributed by atoms with Gasteiger partial charge in [-0.15, -0.1) is 11.8 Å². The zero-order valence-electron chi connectivity index (χ0n) is 17.6. The van der Waals surface area contributed by atoms with E-state index in [0.29, 0.717) is 16.8 Å². The van der Waals surface area contributed by atoms with Gasteiger partial charge < -0.3 is 10.8 Å². The molecule has 0 spiro atoms. The number of aliphatic carboxylic acids is 1. The minimum absolute atomic E-state index is 0.109. The van der Waals surface area contributed by atoms with Crippen molar-refractivity contribution in [3.05, 3.63) is 71.4 Å². The number of hydrogen-bond acceptors (Lipinski definition) is 6. The highest BCUT2D eigenvalue weighted by Crippen LogP contribution is 2.41. The lowest BCUT2D eigenvalue weighted by molar-refractivity contribution is -0.129. The minimum atomic E-state index is -1.32. The number of carbonyl (C=O) groups is 1. The van der Waals surface area contributed by atoms with E-state index in [1.165, 1.54) is 60.4 Å². The van der Waals surface area contributed by atoms with Crippen LogP contribution in [-0.4, -0.2) is 27.0 Å². The van der Waals surface area contributed by atoms with Gasteiger partial charge in [0.25, 0.3) is 0 Å². The number of benzene rings is 2. The largest absolute Gasteiger partial charge is 0.476 e. The quantitative estimate of drug-likeness (QED) is 0.318. The van der Waals surface area contributed by atoms with E-state index in [1.54, 1.807) is 18.2 Å². The van der Waals surface area contributed by atoms with Crippen molar-refractivity contribution in [2.24, 2.45) is 10.7 Å². The number of thiazole rings is 1. The summed E-state index contributed by atoms with van der Waals surface area (Å²) in [4.78, 5) is 20.9. The lowest BCUT2D eigenvalue weighted by Crippen LogP contribution is -2.18. The predicted molar refractivity (Wildman–Crippen MR) is 126 cm³/mol. The molecule has 0 unspecified atom stereocenters. The molecular weight excluding hydrogens is 452 g/mol. The molecule has 0 saturated heterocycles. The van der Waals surface area contributed by atoms with Gasteiger partial charge in [-0.2, -0.15) is 0 Å². The van der Waals surface area contributed by atoms with Crippen molar-refractivity contribution in [2.75, 3.05) is 0 Å². The van der Waals surface area contributed by atoms with E-state index >= 15 is 0 Å². The zero-order chi connectivity index (χ0) is 23.4. The Morgan fingerprint density at radius 3 is 2.38 bits per heavy atom. The van der Waals surface area contributed by atoms with Crippen molar-refractivity contribution in [1.82, 2.24) is 4.98 Å². The first kappa shape index (κ1) is 23.6. The van der Waals surface area contributed by atoms with E-state index in [1.807, 2.05) is 13.8 Å². The molecule has 0 atom stereocenters. The number of carboxylic acid groups (broad SMARTS) is 1. The molecule has 0 aliphatic carbocycles. The molecule has 0 fully saturated rings. The van der Waals surface area contributed by atoms with Gasteiger partial charge in [-0.05, 0) is 36.8 Å². The molecule has 2 aromatic carbocycles. The number of aliphatic imine (C=N–C) groups is 1. The van der Waals surface area contributed by atoms with Crippen molar-refractivity contribution < 1.29 is 18.7 Å². The first-order valence-corrected chi connectivity index (χ1v) is 11.3. The number of hydrogen-bond donors (Lipinski definition) is 2. The average Bonchev–Trinajstić information content (AvgIpc) is 3.09. The van der Waals surface area contributed by atoms with Crippen molar-refractivity contribution in [2.45, 2.75) is 30.2 Å². The van der Waals surface area contributed by atoms with Crippen LogP contribution in [0, 0.1) is 11.6 Å². The maximum absolute atomic E-state index is 13.8. The fourth-order valence-electron chi connectivity index (χ4n) is 2.96. The number of nitrogens with zero attached hydrogens (tertiary/aromatic N) is 2. The molecule has 0 radical (unpaired) electrons.